The third-order valence-electron chi connectivity index (χ3n) is 6.83. The molecule has 2 aromatic rings. The van der Waals surface area contributed by atoms with Gasteiger partial charge in [0, 0.05) is 57.3 Å². The minimum absolute atomic E-state index is 0.0901. The Bertz CT molecular complexity index is 1070. The van der Waals surface area contributed by atoms with Gasteiger partial charge in [0.2, 0.25) is 0 Å². The summed E-state index contributed by atoms with van der Waals surface area (Å²) in [6.07, 6.45) is 7.14. The second-order valence-corrected chi connectivity index (χ2v) is 9.44. The van der Waals surface area contributed by atoms with Crippen molar-refractivity contribution < 1.29 is 19.2 Å². The summed E-state index contributed by atoms with van der Waals surface area (Å²) in [5, 5.41) is 6.79. The number of hydrogen-bond donors (Lipinski definition) is 3. The Kier molecular flexibility index (Phi) is 7.13. The molecule has 0 saturated carbocycles. The summed E-state index contributed by atoms with van der Waals surface area (Å²) >= 11 is 0. The second-order valence-electron chi connectivity index (χ2n) is 9.44. The molecule has 5 rings (SSSR count). The monoisotopic (exact) mass is 476 g/mol. The molecule has 2 saturated heterocycles. The number of hydrogen-bond acceptors (Lipinski definition) is 6. The molecule has 3 heterocycles. The van der Waals surface area contributed by atoms with Gasteiger partial charge in [-0.25, -0.2) is 10.3 Å². The van der Waals surface area contributed by atoms with Gasteiger partial charge in [-0.15, -0.1) is 0 Å². The quantitative estimate of drug-likeness (QED) is 0.437. The van der Waals surface area contributed by atoms with Gasteiger partial charge in [0.05, 0.1) is 5.56 Å². The van der Waals surface area contributed by atoms with Gasteiger partial charge in [-0.3, -0.25) is 14.5 Å². The topological polar surface area (TPSA) is 91.9 Å². The third-order valence-corrected chi connectivity index (χ3v) is 6.83. The Hall–Kier alpha value is -3.20. The number of benzene rings is 2. The summed E-state index contributed by atoms with van der Waals surface area (Å²) < 4.78 is 5.43. The SMILES string of the molecule is O=C(C=Cc1ccc2c(c1)C(=O)NC1(CCN(Cc3ccccc3)CC1)N2)NOC1CCCCO1. The predicted octanol–water partition coefficient (Wildman–Crippen LogP) is 3.42. The lowest BCUT2D eigenvalue weighted by atomic mass is 9.91. The van der Waals surface area contributed by atoms with Crippen LogP contribution in [0.15, 0.2) is 54.6 Å². The minimum Gasteiger partial charge on any atom is -0.362 e. The van der Waals surface area contributed by atoms with Crippen LogP contribution in [0.1, 0.15) is 53.6 Å². The van der Waals surface area contributed by atoms with Crippen LogP contribution in [0.5, 0.6) is 0 Å². The minimum atomic E-state index is -0.424. The number of amides is 2. The summed E-state index contributed by atoms with van der Waals surface area (Å²) in [7, 11) is 0. The van der Waals surface area contributed by atoms with E-state index in [9.17, 15) is 9.59 Å². The van der Waals surface area contributed by atoms with E-state index in [1.165, 1.54) is 11.6 Å². The van der Waals surface area contributed by atoms with Crippen molar-refractivity contribution in [3.8, 4) is 0 Å². The Balaban J connectivity index is 1.16. The molecule has 1 unspecified atom stereocenters. The highest BCUT2D eigenvalue weighted by atomic mass is 16.8. The molecule has 0 aliphatic carbocycles. The number of ether oxygens (including phenoxy) is 1. The number of piperidine rings is 1. The molecular weight excluding hydrogens is 444 g/mol. The van der Waals surface area contributed by atoms with Crippen LogP contribution in [0.2, 0.25) is 0 Å². The molecule has 1 atom stereocenters. The Morgan fingerprint density at radius 3 is 2.74 bits per heavy atom. The molecule has 3 aliphatic rings. The maximum absolute atomic E-state index is 13.0. The van der Waals surface area contributed by atoms with Crippen molar-refractivity contribution in [1.82, 2.24) is 15.7 Å². The zero-order chi connectivity index (χ0) is 24.1. The maximum atomic E-state index is 13.0. The van der Waals surface area contributed by atoms with E-state index in [0.717, 1.165) is 63.0 Å². The average Bonchev–Trinajstić information content (AvgIpc) is 2.89. The first-order chi connectivity index (χ1) is 17.1. The number of fused-ring (bicyclic) bond motifs is 1. The van der Waals surface area contributed by atoms with Gasteiger partial charge in [-0.1, -0.05) is 36.4 Å². The van der Waals surface area contributed by atoms with Crippen LogP contribution < -0.4 is 16.1 Å². The largest absolute Gasteiger partial charge is 0.362 e. The number of nitrogens with one attached hydrogen (secondary N) is 3. The van der Waals surface area contributed by atoms with E-state index in [-0.39, 0.29) is 11.8 Å². The summed E-state index contributed by atoms with van der Waals surface area (Å²) in [4.78, 5) is 32.8. The van der Waals surface area contributed by atoms with E-state index >= 15 is 0 Å². The van der Waals surface area contributed by atoms with Gasteiger partial charge in [-0.05, 0) is 42.2 Å². The van der Waals surface area contributed by atoms with Crippen molar-refractivity contribution in [3.05, 3.63) is 71.3 Å². The van der Waals surface area contributed by atoms with E-state index < -0.39 is 12.0 Å². The van der Waals surface area contributed by atoms with Crippen molar-refractivity contribution in [3.63, 3.8) is 0 Å². The molecular formula is C27H32N4O4. The fourth-order valence-electron chi connectivity index (χ4n) is 4.85. The molecule has 184 valence electrons. The highest BCUT2D eigenvalue weighted by Gasteiger charge is 2.40. The predicted molar refractivity (Wildman–Crippen MR) is 133 cm³/mol. The molecule has 1 spiro atoms. The van der Waals surface area contributed by atoms with Gasteiger partial charge in [-0.2, -0.15) is 0 Å². The number of carbonyl (C=O) groups excluding carboxylic acids is 2. The Morgan fingerprint density at radius 2 is 1.97 bits per heavy atom. The van der Waals surface area contributed by atoms with Crippen LogP contribution in [-0.4, -0.2) is 48.4 Å². The maximum Gasteiger partial charge on any atom is 0.267 e. The normalized spacial score (nSPS) is 21.8. The van der Waals surface area contributed by atoms with Gasteiger partial charge in [0.25, 0.3) is 11.8 Å². The van der Waals surface area contributed by atoms with E-state index in [4.69, 9.17) is 9.57 Å². The number of rotatable bonds is 6. The van der Waals surface area contributed by atoms with E-state index in [0.29, 0.717) is 12.2 Å². The van der Waals surface area contributed by atoms with E-state index in [1.807, 2.05) is 18.2 Å². The first-order valence-electron chi connectivity index (χ1n) is 12.3. The molecule has 0 aromatic heterocycles. The molecule has 2 fully saturated rings. The molecule has 2 aromatic carbocycles. The first-order valence-corrected chi connectivity index (χ1v) is 12.3. The van der Waals surface area contributed by atoms with Crippen molar-refractivity contribution in [2.24, 2.45) is 0 Å². The number of hydroxylamine groups is 1. The smallest absolute Gasteiger partial charge is 0.267 e. The van der Waals surface area contributed by atoms with Crippen molar-refractivity contribution in [2.45, 2.75) is 50.6 Å². The lowest BCUT2D eigenvalue weighted by Crippen LogP contribution is -2.62. The van der Waals surface area contributed by atoms with E-state index in [1.54, 1.807) is 12.1 Å². The van der Waals surface area contributed by atoms with Crippen LogP contribution in [0, 0.1) is 0 Å². The summed E-state index contributed by atoms with van der Waals surface area (Å²) in [6, 6.07) is 16.1. The summed E-state index contributed by atoms with van der Waals surface area (Å²) in [5.41, 5.74) is 5.45. The summed E-state index contributed by atoms with van der Waals surface area (Å²) in [6.45, 7) is 3.38. The average molecular weight is 477 g/mol. The molecule has 0 bridgehead atoms. The highest BCUT2D eigenvalue weighted by Crippen LogP contribution is 2.32. The fraction of sp³-hybridized carbons (Fsp3) is 0.407. The van der Waals surface area contributed by atoms with Crippen molar-refractivity contribution >= 4 is 23.6 Å². The van der Waals surface area contributed by atoms with Crippen LogP contribution in [0.3, 0.4) is 0 Å². The second kappa shape index (κ2) is 10.6. The molecule has 8 nitrogen and oxygen atoms in total. The zero-order valence-electron chi connectivity index (χ0n) is 19.8. The molecule has 35 heavy (non-hydrogen) atoms. The molecule has 3 aliphatic heterocycles. The third kappa shape index (κ3) is 5.90. The molecule has 3 N–H and O–H groups in total. The zero-order valence-corrected chi connectivity index (χ0v) is 19.8. The van der Waals surface area contributed by atoms with Crippen molar-refractivity contribution in [1.29, 1.82) is 0 Å². The van der Waals surface area contributed by atoms with Crippen LogP contribution >= 0.6 is 0 Å². The van der Waals surface area contributed by atoms with Crippen LogP contribution in [0.25, 0.3) is 6.08 Å². The fourth-order valence-corrected chi connectivity index (χ4v) is 4.85. The van der Waals surface area contributed by atoms with Gasteiger partial charge in [0.1, 0.15) is 5.66 Å². The van der Waals surface area contributed by atoms with Crippen LogP contribution in [0.4, 0.5) is 5.69 Å². The van der Waals surface area contributed by atoms with Crippen molar-refractivity contribution in [2.75, 3.05) is 25.0 Å². The Morgan fingerprint density at radius 1 is 1.14 bits per heavy atom. The number of nitrogens with zero attached hydrogens (tertiary/aromatic N) is 1. The van der Waals surface area contributed by atoms with Gasteiger partial charge < -0.3 is 15.4 Å². The first kappa shape index (κ1) is 23.5. The molecule has 8 heteroatoms. The molecule has 0 radical (unpaired) electrons. The number of likely N-dealkylation sites (tertiary alicyclic amines) is 1. The van der Waals surface area contributed by atoms with E-state index in [2.05, 4.69) is 45.3 Å². The standard InChI is InChI=1S/C27H32N4O4/c32-24(30-35-25-8-4-5-17-34-25)12-10-20-9-11-23-22(18-20)26(33)29-27(28-23)13-15-31(16-14-27)19-21-6-2-1-3-7-21/h1-3,6-7,9-12,18,25,28H,4-5,8,13-17,19H2,(H,29,33)(H,30,32). The van der Waals surface area contributed by atoms with Gasteiger partial charge in [0.15, 0.2) is 6.29 Å². The Labute approximate surface area is 205 Å². The highest BCUT2D eigenvalue weighted by molar-refractivity contribution is 6.03. The summed E-state index contributed by atoms with van der Waals surface area (Å²) in [5.74, 6) is -0.464. The number of carbonyl (C=O) groups is 2. The van der Waals surface area contributed by atoms with Crippen LogP contribution in [-0.2, 0) is 20.9 Å². The number of anilines is 1. The van der Waals surface area contributed by atoms with Gasteiger partial charge >= 0.3 is 0 Å². The molecule has 2 amide bonds. The lowest BCUT2D eigenvalue weighted by molar-refractivity contribution is -0.198. The lowest BCUT2D eigenvalue weighted by Gasteiger charge is -2.46.